The van der Waals surface area contributed by atoms with Crippen LogP contribution in [-0.2, 0) is 9.53 Å². The molecule has 0 bridgehead atoms. The molecule has 0 aliphatic heterocycles. The van der Waals surface area contributed by atoms with Gasteiger partial charge >= 0.3 is 5.97 Å². The first-order valence-corrected chi connectivity index (χ1v) is 4.98. The van der Waals surface area contributed by atoms with E-state index in [0.29, 0.717) is 6.42 Å². The fraction of sp³-hybridized carbons (Fsp3) is 0.900. The summed E-state index contributed by atoms with van der Waals surface area (Å²) in [7, 11) is 0. The minimum atomic E-state index is -0.307. The summed E-state index contributed by atoms with van der Waals surface area (Å²) in [5.41, 5.74) is 0. The zero-order valence-corrected chi connectivity index (χ0v) is 8.32. The topological polar surface area (TPSA) is 46.5 Å². The maximum atomic E-state index is 11.4. The van der Waals surface area contributed by atoms with E-state index in [4.69, 9.17) is 4.74 Å². The van der Waals surface area contributed by atoms with Crippen LogP contribution in [0.1, 0.15) is 39.5 Å². The molecule has 0 amide bonds. The molecule has 1 saturated carbocycles. The molecule has 1 aliphatic carbocycles. The van der Waals surface area contributed by atoms with E-state index in [0.717, 1.165) is 19.3 Å². The first kappa shape index (κ1) is 10.5. The lowest BCUT2D eigenvalue weighted by Gasteiger charge is -2.24. The zero-order valence-electron chi connectivity index (χ0n) is 8.32. The van der Waals surface area contributed by atoms with Gasteiger partial charge in [-0.3, -0.25) is 4.79 Å². The van der Waals surface area contributed by atoms with Crippen LogP contribution in [-0.4, -0.2) is 23.3 Å². The average Bonchev–Trinajstić information content (AvgIpc) is 2.03. The molecule has 0 aromatic rings. The molecule has 0 heterocycles. The Balaban J connectivity index is 2.37. The van der Waals surface area contributed by atoms with Crippen LogP contribution in [0.2, 0.25) is 0 Å². The number of ether oxygens (including phenoxy) is 1. The molecule has 3 heteroatoms. The normalized spacial score (nSPS) is 28.9. The molecule has 0 spiro atoms. The molecular formula is C10H18O3. The summed E-state index contributed by atoms with van der Waals surface area (Å²) in [5, 5.41) is 9.35. The van der Waals surface area contributed by atoms with Gasteiger partial charge in [-0.2, -0.15) is 0 Å². The van der Waals surface area contributed by atoms with E-state index in [1.807, 2.05) is 13.8 Å². The summed E-state index contributed by atoms with van der Waals surface area (Å²) in [5.74, 6) is -0.222. The van der Waals surface area contributed by atoms with Crippen molar-refractivity contribution >= 4 is 5.97 Å². The van der Waals surface area contributed by atoms with E-state index in [9.17, 15) is 9.90 Å². The van der Waals surface area contributed by atoms with Gasteiger partial charge in [0.2, 0.25) is 0 Å². The van der Waals surface area contributed by atoms with Crippen molar-refractivity contribution in [3.63, 3.8) is 0 Å². The van der Waals surface area contributed by atoms with Gasteiger partial charge in [0.15, 0.2) is 0 Å². The maximum absolute atomic E-state index is 11.4. The summed E-state index contributed by atoms with van der Waals surface area (Å²) >= 11 is 0. The van der Waals surface area contributed by atoms with Crippen molar-refractivity contribution in [1.29, 1.82) is 0 Å². The Kier molecular flexibility index (Phi) is 3.72. The molecule has 3 nitrogen and oxygen atoms in total. The van der Waals surface area contributed by atoms with Crippen LogP contribution in [0.4, 0.5) is 0 Å². The lowest BCUT2D eigenvalue weighted by atomic mass is 9.87. The van der Waals surface area contributed by atoms with Gasteiger partial charge in [0.05, 0.1) is 18.1 Å². The number of carbonyl (C=O) groups excluding carboxylic acids is 1. The SMILES string of the molecule is CC(C)OC(=O)[C@H]1CCCC(O)C1. The van der Waals surface area contributed by atoms with Crippen molar-refractivity contribution in [3.05, 3.63) is 0 Å². The largest absolute Gasteiger partial charge is 0.463 e. The van der Waals surface area contributed by atoms with E-state index in [2.05, 4.69) is 0 Å². The molecule has 76 valence electrons. The van der Waals surface area contributed by atoms with Crippen LogP contribution >= 0.6 is 0 Å². The van der Waals surface area contributed by atoms with Gasteiger partial charge in [-0.15, -0.1) is 0 Å². The van der Waals surface area contributed by atoms with E-state index in [-0.39, 0.29) is 24.1 Å². The monoisotopic (exact) mass is 186 g/mol. The van der Waals surface area contributed by atoms with Crippen LogP contribution in [0.25, 0.3) is 0 Å². The molecule has 0 saturated heterocycles. The number of hydrogen-bond donors (Lipinski definition) is 1. The van der Waals surface area contributed by atoms with Crippen LogP contribution in [0, 0.1) is 5.92 Å². The molecular weight excluding hydrogens is 168 g/mol. The third kappa shape index (κ3) is 3.35. The van der Waals surface area contributed by atoms with Crippen molar-refractivity contribution in [3.8, 4) is 0 Å². The van der Waals surface area contributed by atoms with Crippen molar-refractivity contribution < 1.29 is 14.6 Å². The Labute approximate surface area is 79.1 Å². The first-order chi connectivity index (χ1) is 6.09. The minimum Gasteiger partial charge on any atom is -0.463 e. The number of hydrogen-bond acceptors (Lipinski definition) is 3. The zero-order chi connectivity index (χ0) is 9.84. The predicted molar refractivity (Wildman–Crippen MR) is 49.2 cm³/mol. The van der Waals surface area contributed by atoms with Crippen molar-refractivity contribution in [1.82, 2.24) is 0 Å². The smallest absolute Gasteiger partial charge is 0.309 e. The number of esters is 1. The Morgan fingerprint density at radius 2 is 2.15 bits per heavy atom. The first-order valence-electron chi connectivity index (χ1n) is 4.98. The Morgan fingerprint density at radius 3 is 2.69 bits per heavy atom. The van der Waals surface area contributed by atoms with E-state index >= 15 is 0 Å². The highest BCUT2D eigenvalue weighted by Gasteiger charge is 2.27. The number of aliphatic hydroxyl groups is 1. The predicted octanol–water partition coefficient (Wildman–Crippen LogP) is 1.49. The highest BCUT2D eigenvalue weighted by atomic mass is 16.5. The lowest BCUT2D eigenvalue weighted by molar-refractivity contribution is -0.154. The van der Waals surface area contributed by atoms with Crippen LogP contribution in [0.15, 0.2) is 0 Å². The summed E-state index contributed by atoms with van der Waals surface area (Å²) in [6.07, 6.45) is 2.84. The molecule has 0 aromatic carbocycles. The average molecular weight is 186 g/mol. The molecule has 13 heavy (non-hydrogen) atoms. The lowest BCUT2D eigenvalue weighted by Crippen LogP contribution is -2.28. The maximum Gasteiger partial charge on any atom is 0.309 e. The fourth-order valence-electron chi connectivity index (χ4n) is 1.71. The van der Waals surface area contributed by atoms with E-state index in [1.165, 1.54) is 0 Å². The van der Waals surface area contributed by atoms with Gasteiger partial charge in [-0.1, -0.05) is 6.42 Å². The molecule has 0 radical (unpaired) electrons. The Hall–Kier alpha value is -0.570. The van der Waals surface area contributed by atoms with Crippen molar-refractivity contribution in [2.45, 2.75) is 51.7 Å². The highest BCUT2D eigenvalue weighted by Crippen LogP contribution is 2.25. The second-order valence-electron chi connectivity index (χ2n) is 4.00. The van der Waals surface area contributed by atoms with Crippen molar-refractivity contribution in [2.24, 2.45) is 5.92 Å². The third-order valence-corrected chi connectivity index (χ3v) is 2.33. The Bertz CT molecular complexity index is 177. The van der Waals surface area contributed by atoms with Gasteiger partial charge in [-0.05, 0) is 33.1 Å². The number of aliphatic hydroxyl groups excluding tert-OH is 1. The molecule has 0 aromatic heterocycles. The summed E-state index contributed by atoms with van der Waals surface area (Å²) < 4.78 is 5.09. The third-order valence-electron chi connectivity index (χ3n) is 2.33. The molecule has 1 rings (SSSR count). The highest BCUT2D eigenvalue weighted by molar-refractivity contribution is 5.72. The van der Waals surface area contributed by atoms with Crippen molar-refractivity contribution in [2.75, 3.05) is 0 Å². The minimum absolute atomic E-state index is 0.0495. The van der Waals surface area contributed by atoms with Gasteiger partial charge < -0.3 is 9.84 Å². The second kappa shape index (κ2) is 4.61. The fourth-order valence-corrected chi connectivity index (χ4v) is 1.71. The molecule has 1 N–H and O–H groups in total. The summed E-state index contributed by atoms with van der Waals surface area (Å²) in [6, 6.07) is 0. The van der Waals surface area contributed by atoms with Gasteiger partial charge in [0.25, 0.3) is 0 Å². The molecule has 1 aliphatic rings. The molecule has 2 atom stereocenters. The van der Waals surface area contributed by atoms with Crippen LogP contribution < -0.4 is 0 Å². The summed E-state index contributed by atoms with van der Waals surface area (Å²) in [4.78, 5) is 11.4. The van der Waals surface area contributed by atoms with Crippen LogP contribution in [0.5, 0.6) is 0 Å². The van der Waals surface area contributed by atoms with Crippen LogP contribution in [0.3, 0.4) is 0 Å². The van der Waals surface area contributed by atoms with E-state index in [1.54, 1.807) is 0 Å². The van der Waals surface area contributed by atoms with Gasteiger partial charge in [0.1, 0.15) is 0 Å². The second-order valence-corrected chi connectivity index (χ2v) is 4.00. The quantitative estimate of drug-likeness (QED) is 0.664. The number of rotatable bonds is 2. The standard InChI is InChI=1S/C10H18O3/c1-7(2)13-10(12)8-4-3-5-9(11)6-8/h7-9,11H,3-6H2,1-2H3/t8-,9?/m0/s1. The van der Waals surface area contributed by atoms with Gasteiger partial charge in [0, 0.05) is 0 Å². The molecule has 1 fully saturated rings. The number of carbonyl (C=O) groups is 1. The van der Waals surface area contributed by atoms with Gasteiger partial charge in [-0.25, -0.2) is 0 Å². The summed E-state index contributed by atoms with van der Waals surface area (Å²) in [6.45, 7) is 3.69. The van der Waals surface area contributed by atoms with E-state index < -0.39 is 0 Å². The molecule has 1 unspecified atom stereocenters. The Morgan fingerprint density at radius 1 is 1.46 bits per heavy atom.